The maximum atomic E-state index is 13.8. The molecule has 3 aromatic rings. The Bertz CT molecular complexity index is 1400. The number of carboxylic acid groups (broad SMARTS) is 1. The van der Waals surface area contributed by atoms with Gasteiger partial charge in [-0.25, -0.2) is 17.5 Å². The average Bonchev–Trinajstić information content (AvgIpc) is 3.22. The van der Waals surface area contributed by atoms with Gasteiger partial charge in [-0.2, -0.15) is 0 Å². The second-order valence-electron chi connectivity index (χ2n) is 7.60. The molecule has 5 rings (SSSR count). The fourth-order valence-corrected chi connectivity index (χ4v) is 6.08. The minimum absolute atomic E-state index is 0.0420. The zero-order valence-corrected chi connectivity index (χ0v) is 18.1. The van der Waals surface area contributed by atoms with Crippen molar-refractivity contribution in [2.75, 3.05) is 11.1 Å². The summed E-state index contributed by atoms with van der Waals surface area (Å²) in [6.07, 6.45) is 0. The summed E-state index contributed by atoms with van der Waals surface area (Å²) in [4.78, 5) is 12.7. The second-order valence-corrected chi connectivity index (χ2v) is 9.36. The van der Waals surface area contributed by atoms with Crippen LogP contribution in [-0.2, 0) is 14.8 Å². The van der Waals surface area contributed by atoms with Crippen LogP contribution >= 0.6 is 0 Å². The van der Waals surface area contributed by atoms with Crippen molar-refractivity contribution < 1.29 is 27.8 Å². The van der Waals surface area contributed by atoms with E-state index in [0.29, 0.717) is 45.0 Å². The Hall–Kier alpha value is -3.78. The standard InChI is InChI=1S/C24H19NO6S/c1-14-6-5-7-15(2)22(14)25-23(24(26)27)21(16-10-11-18-19(12-16)31-13-30-18)17-8-3-4-9-20(17)32(25,28)29/h3-12H,13H2,1-2H3,(H,26,27). The maximum Gasteiger partial charge on any atom is 0.354 e. The molecule has 8 heteroatoms. The summed E-state index contributed by atoms with van der Waals surface area (Å²) < 4.78 is 39.4. The van der Waals surface area contributed by atoms with Crippen LogP contribution in [0.5, 0.6) is 11.5 Å². The second kappa shape index (κ2) is 7.13. The van der Waals surface area contributed by atoms with Crippen molar-refractivity contribution in [3.63, 3.8) is 0 Å². The van der Waals surface area contributed by atoms with E-state index in [1.807, 2.05) is 6.07 Å². The number of carboxylic acids is 1. The van der Waals surface area contributed by atoms with Gasteiger partial charge in [0.15, 0.2) is 17.2 Å². The lowest BCUT2D eigenvalue weighted by molar-refractivity contribution is -0.132. The fraction of sp³-hybridized carbons (Fsp3) is 0.125. The largest absolute Gasteiger partial charge is 0.477 e. The van der Waals surface area contributed by atoms with Gasteiger partial charge in [-0.1, -0.05) is 42.5 Å². The van der Waals surface area contributed by atoms with Crippen LogP contribution in [0.15, 0.2) is 71.3 Å². The molecule has 0 radical (unpaired) electrons. The summed E-state index contributed by atoms with van der Waals surface area (Å²) in [5.74, 6) is -0.322. The zero-order chi connectivity index (χ0) is 22.6. The van der Waals surface area contributed by atoms with Crippen LogP contribution in [-0.4, -0.2) is 26.3 Å². The van der Waals surface area contributed by atoms with Gasteiger partial charge in [-0.05, 0) is 48.7 Å². The normalized spacial score (nSPS) is 16.1. The van der Waals surface area contributed by atoms with Crippen LogP contribution in [0.3, 0.4) is 0 Å². The lowest BCUT2D eigenvalue weighted by atomic mass is 9.94. The summed E-state index contributed by atoms with van der Waals surface area (Å²) >= 11 is 0. The minimum Gasteiger partial charge on any atom is -0.477 e. The molecule has 32 heavy (non-hydrogen) atoms. The highest BCUT2D eigenvalue weighted by Gasteiger charge is 2.42. The molecule has 3 aromatic carbocycles. The van der Waals surface area contributed by atoms with Gasteiger partial charge in [0.05, 0.1) is 10.6 Å². The maximum absolute atomic E-state index is 13.8. The number of sulfonamides is 1. The van der Waals surface area contributed by atoms with Crippen molar-refractivity contribution in [3.8, 4) is 11.5 Å². The lowest BCUT2D eigenvalue weighted by Crippen LogP contribution is -2.39. The first-order chi connectivity index (χ1) is 15.3. The van der Waals surface area contributed by atoms with Gasteiger partial charge in [0.25, 0.3) is 10.0 Å². The van der Waals surface area contributed by atoms with Crippen molar-refractivity contribution >= 4 is 27.3 Å². The summed E-state index contributed by atoms with van der Waals surface area (Å²) in [6.45, 7) is 3.60. The molecular formula is C24H19NO6S. The number of carbonyl (C=O) groups is 1. The monoisotopic (exact) mass is 449 g/mol. The number of anilines is 1. The molecular weight excluding hydrogens is 430 g/mol. The molecule has 0 saturated heterocycles. The number of nitrogens with zero attached hydrogens (tertiary/aromatic N) is 1. The molecule has 2 heterocycles. The van der Waals surface area contributed by atoms with E-state index in [1.54, 1.807) is 62.4 Å². The van der Waals surface area contributed by atoms with Gasteiger partial charge >= 0.3 is 5.97 Å². The first-order valence-corrected chi connectivity index (χ1v) is 11.3. The summed E-state index contributed by atoms with van der Waals surface area (Å²) in [5, 5.41) is 10.3. The molecule has 0 saturated carbocycles. The van der Waals surface area contributed by atoms with Crippen molar-refractivity contribution in [1.29, 1.82) is 0 Å². The number of aliphatic carboxylic acids is 1. The molecule has 0 aliphatic carbocycles. The van der Waals surface area contributed by atoms with Gasteiger partial charge < -0.3 is 14.6 Å². The number of benzene rings is 3. The fourth-order valence-electron chi connectivity index (χ4n) is 4.24. The molecule has 0 aromatic heterocycles. The lowest BCUT2D eigenvalue weighted by Gasteiger charge is -2.34. The van der Waals surface area contributed by atoms with Crippen LogP contribution in [0.1, 0.15) is 22.3 Å². The van der Waals surface area contributed by atoms with Gasteiger partial charge in [0, 0.05) is 11.1 Å². The van der Waals surface area contributed by atoms with Crippen LogP contribution in [0.2, 0.25) is 0 Å². The Morgan fingerprint density at radius 3 is 2.34 bits per heavy atom. The number of fused-ring (bicyclic) bond motifs is 2. The predicted molar refractivity (Wildman–Crippen MR) is 118 cm³/mol. The van der Waals surface area contributed by atoms with Crippen molar-refractivity contribution in [2.24, 2.45) is 0 Å². The van der Waals surface area contributed by atoms with Crippen LogP contribution in [0.4, 0.5) is 5.69 Å². The third-order valence-electron chi connectivity index (χ3n) is 5.62. The van der Waals surface area contributed by atoms with Crippen LogP contribution < -0.4 is 13.8 Å². The van der Waals surface area contributed by atoms with E-state index in [2.05, 4.69) is 0 Å². The van der Waals surface area contributed by atoms with Crippen molar-refractivity contribution in [1.82, 2.24) is 0 Å². The first-order valence-electron chi connectivity index (χ1n) is 9.89. The smallest absolute Gasteiger partial charge is 0.354 e. The molecule has 0 fully saturated rings. The Morgan fingerprint density at radius 2 is 1.62 bits per heavy atom. The Balaban J connectivity index is 1.91. The van der Waals surface area contributed by atoms with Gasteiger partial charge in [-0.15, -0.1) is 0 Å². The van der Waals surface area contributed by atoms with E-state index in [0.717, 1.165) is 4.31 Å². The molecule has 162 valence electrons. The van der Waals surface area contributed by atoms with Crippen LogP contribution in [0, 0.1) is 13.8 Å². The number of hydrogen-bond acceptors (Lipinski definition) is 5. The molecule has 2 aliphatic heterocycles. The SMILES string of the molecule is Cc1cccc(C)c1N1C(C(=O)O)=C(c2ccc3c(c2)OCO3)c2ccccc2S1(=O)=O. The number of rotatable bonds is 3. The van der Waals surface area contributed by atoms with Crippen LogP contribution in [0.25, 0.3) is 5.57 Å². The molecule has 0 spiro atoms. The Kier molecular flexibility index (Phi) is 4.49. The molecule has 0 unspecified atom stereocenters. The summed E-state index contributed by atoms with van der Waals surface area (Å²) in [7, 11) is -4.19. The first kappa shape index (κ1) is 20.1. The van der Waals surface area contributed by atoms with Crippen molar-refractivity contribution in [2.45, 2.75) is 18.7 Å². The highest BCUT2D eigenvalue weighted by Crippen LogP contribution is 2.46. The molecule has 0 atom stereocenters. The Morgan fingerprint density at radius 1 is 0.938 bits per heavy atom. The van der Waals surface area contributed by atoms with E-state index in [-0.39, 0.29) is 17.4 Å². The van der Waals surface area contributed by atoms with E-state index in [9.17, 15) is 18.3 Å². The molecule has 0 bridgehead atoms. The summed E-state index contributed by atoms with van der Waals surface area (Å²) in [6, 6.07) is 16.9. The number of aryl methyl sites for hydroxylation is 2. The van der Waals surface area contributed by atoms with Gasteiger partial charge in [0.2, 0.25) is 6.79 Å². The predicted octanol–water partition coefficient (Wildman–Crippen LogP) is 4.09. The zero-order valence-electron chi connectivity index (χ0n) is 17.3. The molecule has 2 aliphatic rings. The van der Waals surface area contributed by atoms with E-state index < -0.39 is 16.0 Å². The minimum atomic E-state index is -4.19. The van der Waals surface area contributed by atoms with Gasteiger partial charge in [0.1, 0.15) is 0 Å². The Labute approximate surface area is 185 Å². The van der Waals surface area contributed by atoms with Crippen molar-refractivity contribution in [3.05, 3.63) is 88.6 Å². The van der Waals surface area contributed by atoms with E-state index in [1.165, 1.54) is 6.07 Å². The van der Waals surface area contributed by atoms with E-state index in [4.69, 9.17) is 9.47 Å². The number of ether oxygens (including phenoxy) is 2. The summed E-state index contributed by atoms with van der Waals surface area (Å²) in [5.41, 5.74) is 2.44. The topological polar surface area (TPSA) is 93.1 Å². The number of hydrogen-bond donors (Lipinski definition) is 1. The highest BCUT2D eigenvalue weighted by atomic mass is 32.2. The molecule has 0 amide bonds. The third-order valence-corrected chi connectivity index (χ3v) is 7.38. The third kappa shape index (κ3) is 2.87. The number of para-hydroxylation sites is 1. The molecule has 1 N–H and O–H groups in total. The van der Waals surface area contributed by atoms with E-state index >= 15 is 0 Å². The quantitative estimate of drug-likeness (QED) is 0.648. The molecule has 7 nitrogen and oxygen atoms in total. The van der Waals surface area contributed by atoms with Gasteiger partial charge in [-0.3, -0.25) is 0 Å². The highest BCUT2D eigenvalue weighted by molar-refractivity contribution is 7.93. The average molecular weight is 449 g/mol.